The van der Waals surface area contributed by atoms with Crippen molar-refractivity contribution in [3.63, 3.8) is 0 Å². The van der Waals surface area contributed by atoms with Gasteiger partial charge in [-0.1, -0.05) is 45.2 Å². The zero-order chi connectivity index (χ0) is 12.0. The summed E-state index contributed by atoms with van der Waals surface area (Å²) in [5.74, 6) is 0.161. The summed E-state index contributed by atoms with van der Waals surface area (Å²) in [5, 5.41) is 0. The number of carbonyl (C=O) groups excluding carboxylic acids is 1. The molecule has 1 aromatic carbocycles. The van der Waals surface area contributed by atoms with Crippen LogP contribution in [0.1, 0.15) is 61.4 Å². The van der Waals surface area contributed by atoms with Crippen LogP contribution in [0.15, 0.2) is 24.3 Å². The highest BCUT2D eigenvalue weighted by atomic mass is 16.1. The van der Waals surface area contributed by atoms with E-state index >= 15 is 0 Å². The molecule has 0 aliphatic carbocycles. The third-order valence-electron chi connectivity index (χ3n) is 2.98. The first-order valence-electron chi connectivity index (χ1n) is 6.05. The molecule has 0 saturated carbocycles. The lowest BCUT2D eigenvalue weighted by molar-refractivity contribution is 0.1000. The van der Waals surface area contributed by atoms with Crippen LogP contribution >= 0.6 is 0 Å². The molecule has 0 bridgehead atoms. The van der Waals surface area contributed by atoms with Gasteiger partial charge in [0.2, 0.25) is 5.91 Å². The molecule has 2 N–H and O–H groups in total. The summed E-state index contributed by atoms with van der Waals surface area (Å²) < 4.78 is 0. The smallest absolute Gasteiger partial charge is 0.248 e. The van der Waals surface area contributed by atoms with Crippen molar-refractivity contribution in [3.05, 3.63) is 35.4 Å². The highest BCUT2D eigenvalue weighted by Gasteiger charge is 2.07. The fraction of sp³-hybridized carbons (Fsp3) is 0.500. The zero-order valence-corrected chi connectivity index (χ0v) is 10.2. The molecular formula is C14H21NO. The van der Waals surface area contributed by atoms with Gasteiger partial charge in [0.15, 0.2) is 0 Å². The van der Waals surface area contributed by atoms with Gasteiger partial charge in [0, 0.05) is 5.56 Å². The van der Waals surface area contributed by atoms with Crippen LogP contribution in [0.4, 0.5) is 0 Å². The van der Waals surface area contributed by atoms with Gasteiger partial charge in [0.1, 0.15) is 0 Å². The predicted octanol–water partition coefficient (Wildman–Crippen LogP) is 3.47. The molecule has 1 unspecified atom stereocenters. The molecule has 0 aliphatic heterocycles. The Morgan fingerprint density at radius 1 is 1.38 bits per heavy atom. The summed E-state index contributed by atoms with van der Waals surface area (Å²) >= 11 is 0. The predicted molar refractivity (Wildman–Crippen MR) is 67.5 cm³/mol. The Morgan fingerprint density at radius 2 is 2.12 bits per heavy atom. The molecule has 1 aromatic rings. The summed E-state index contributed by atoms with van der Waals surface area (Å²) in [6.45, 7) is 4.41. The average molecular weight is 219 g/mol. The van der Waals surface area contributed by atoms with Crippen molar-refractivity contribution in [1.29, 1.82) is 0 Å². The highest BCUT2D eigenvalue weighted by molar-refractivity contribution is 5.92. The summed E-state index contributed by atoms with van der Waals surface area (Å²) in [7, 11) is 0. The average Bonchev–Trinajstić information content (AvgIpc) is 2.29. The van der Waals surface area contributed by atoms with E-state index in [1.807, 2.05) is 12.1 Å². The normalized spacial score (nSPS) is 12.4. The fourth-order valence-corrected chi connectivity index (χ4v) is 1.87. The van der Waals surface area contributed by atoms with Crippen molar-refractivity contribution in [3.8, 4) is 0 Å². The minimum Gasteiger partial charge on any atom is -0.366 e. The molecule has 0 saturated heterocycles. The SMILES string of the molecule is CCCCCC(C)c1cccc(C(N)=O)c1. The van der Waals surface area contributed by atoms with Crippen LogP contribution in [0.5, 0.6) is 0 Å². The van der Waals surface area contributed by atoms with Crippen LogP contribution in [0.25, 0.3) is 0 Å². The number of primary amides is 1. The number of hydrogen-bond acceptors (Lipinski definition) is 1. The Kier molecular flexibility index (Phi) is 5.03. The fourth-order valence-electron chi connectivity index (χ4n) is 1.87. The van der Waals surface area contributed by atoms with Gasteiger partial charge in [-0.25, -0.2) is 0 Å². The molecule has 88 valence electrons. The standard InChI is InChI=1S/C14H21NO/c1-3-4-5-7-11(2)12-8-6-9-13(10-12)14(15)16/h6,8-11H,3-5,7H2,1-2H3,(H2,15,16). The Hall–Kier alpha value is -1.31. The molecule has 0 aromatic heterocycles. The molecule has 2 nitrogen and oxygen atoms in total. The number of hydrogen-bond donors (Lipinski definition) is 1. The molecule has 16 heavy (non-hydrogen) atoms. The van der Waals surface area contributed by atoms with Crippen LogP contribution in [-0.4, -0.2) is 5.91 Å². The Labute approximate surface area is 97.9 Å². The third-order valence-corrected chi connectivity index (χ3v) is 2.98. The first-order valence-corrected chi connectivity index (χ1v) is 6.05. The summed E-state index contributed by atoms with van der Waals surface area (Å²) in [4.78, 5) is 11.1. The van der Waals surface area contributed by atoms with Gasteiger partial charge >= 0.3 is 0 Å². The summed E-state index contributed by atoms with van der Waals surface area (Å²) in [6.07, 6.45) is 4.95. The highest BCUT2D eigenvalue weighted by Crippen LogP contribution is 2.22. The van der Waals surface area contributed by atoms with Gasteiger partial charge in [-0.15, -0.1) is 0 Å². The lowest BCUT2D eigenvalue weighted by atomic mass is 9.94. The number of amides is 1. The van der Waals surface area contributed by atoms with Gasteiger partial charge in [0.05, 0.1) is 0 Å². The van der Waals surface area contributed by atoms with Gasteiger partial charge < -0.3 is 5.73 Å². The van der Waals surface area contributed by atoms with Crippen LogP contribution in [-0.2, 0) is 0 Å². The van der Waals surface area contributed by atoms with E-state index in [2.05, 4.69) is 19.9 Å². The van der Waals surface area contributed by atoms with Crippen molar-refractivity contribution in [2.75, 3.05) is 0 Å². The second-order valence-electron chi connectivity index (χ2n) is 4.39. The first kappa shape index (κ1) is 12.8. The van der Waals surface area contributed by atoms with Crippen LogP contribution in [0.2, 0.25) is 0 Å². The largest absolute Gasteiger partial charge is 0.366 e. The number of rotatable bonds is 6. The quantitative estimate of drug-likeness (QED) is 0.731. The van der Waals surface area contributed by atoms with E-state index in [4.69, 9.17) is 5.73 Å². The van der Waals surface area contributed by atoms with Crippen molar-refractivity contribution >= 4 is 5.91 Å². The van der Waals surface area contributed by atoms with Crippen molar-refractivity contribution in [2.24, 2.45) is 5.73 Å². The van der Waals surface area contributed by atoms with Crippen molar-refractivity contribution < 1.29 is 4.79 Å². The first-order chi connectivity index (χ1) is 7.65. The Balaban J connectivity index is 2.64. The van der Waals surface area contributed by atoms with Gasteiger partial charge in [-0.2, -0.15) is 0 Å². The van der Waals surface area contributed by atoms with Crippen LogP contribution in [0.3, 0.4) is 0 Å². The molecule has 0 spiro atoms. The van der Waals surface area contributed by atoms with E-state index in [9.17, 15) is 4.79 Å². The second kappa shape index (κ2) is 6.31. The Morgan fingerprint density at radius 3 is 2.75 bits per heavy atom. The molecule has 1 amide bonds. The van der Waals surface area contributed by atoms with Crippen LogP contribution < -0.4 is 5.73 Å². The van der Waals surface area contributed by atoms with E-state index in [0.717, 1.165) is 0 Å². The van der Waals surface area contributed by atoms with Gasteiger partial charge in [-0.05, 0) is 30.0 Å². The number of unbranched alkanes of at least 4 members (excludes halogenated alkanes) is 2. The van der Waals surface area contributed by atoms with Crippen LogP contribution in [0, 0.1) is 0 Å². The maximum Gasteiger partial charge on any atom is 0.248 e. The molecule has 0 heterocycles. The van der Waals surface area contributed by atoms with Crippen molar-refractivity contribution in [1.82, 2.24) is 0 Å². The lowest BCUT2D eigenvalue weighted by Crippen LogP contribution is -2.11. The minimum atomic E-state index is -0.345. The lowest BCUT2D eigenvalue weighted by Gasteiger charge is -2.12. The van der Waals surface area contributed by atoms with Crippen molar-refractivity contribution in [2.45, 2.75) is 45.4 Å². The molecule has 1 rings (SSSR count). The zero-order valence-electron chi connectivity index (χ0n) is 10.2. The topological polar surface area (TPSA) is 43.1 Å². The second-order valence-corrected chi connectivity index (χ2v) is 4.39. The Bertz CT molecular complexity index is 346. The minimum absolute atomic E-state index is 0.345. The maximum absolute atomic E-state index is 11.1. The summed E-state index contributed by atoms with van der Waals surface area (Å²) in [5.41, 5.74) is 7.09. The van der Waals surface area contributed by atoms with Gasteiger partial charge in [-0.3, -0.25) is 4.79 Å². The monoisotopic (exact) mass is 219 g/mol. The molecule has 2 heteroatoms. The third kappa shape index (κ3) is 3.69. The molecule has 1 atom stereocenters. The van der Waals surface area contributed by atoms with E-state index < -0.39 is 0 Å². The molecule has 0 aliphatic rings. The number of nitrogens with two attached hydrogens (primary N) is 1. The van der Waals surface area contributed by atoms with E-state index in [1.165, 1.54) is 31.2 Å². The van der Waals surface area contributed by atoms with E-state index in [1.54, 1.807) is 6.07 Å². The molecular weight excluding hydrogens is 198 g/mol. The van der Waals surface area contributed by atoms with Gasteiger partial charge in [0.25, 0.3) is 0 Å². The van der Waals surface area contributed by atoms with E-state index in [0.29, 0.717) is 11.5 Å². The maximum atomic E-state index is 11.1. The number of benzene rings is 1. The summed E-state index contributed by atoms with van der Waals surface area (Å²) in [6, 6.07) is 7.67. The molecule has 0 fully saturated rings. The van der Waals surface area contributed by atoms with E-state index in [-0.39, 0.29) is 5.91 Å². The number of carbonyl (C=O) groups is 1. The molecule has 0 radical (unpaired) electrons.